The van der Waals surface area contributed by atoms with Crippen LogP contribution in [0.25, 0.3) is 0 Å². The Kier molecular flexibility index (Phi) is 5.98. The van der Waals surface area contributed by atoms with Crippen LogP contribution in [0.2, 0.25) is 0 Å². The highest BCUT2D eigenvalue weighted by Crippen LogP contribution is 2.19. The fourth-order valence-electron chi connectivity index (χ4n) is 1.17. The number of rotatable bonds is 4. The third-order valence-corrected chi connectivity index (χ3v) is 3.70. The van der Waals surface area contributed by atoms with Crippen LogP contribution in [0.15, 0.2) is 15.2 Å². The maximum absolute atomic E-state index is 3.47. The summed E-state index contributed by atoms with van der Waals surface area (Å²) < 4.78 is 1.13. The van der Waals surface area contributed by atoms with Gasteiger partial charge in [-0.25, -0.2) is 0 Å². The first kappa shape index (κ1) is 11.8. The highest BCUT2D eigenvalue weighted by atomic mass is 79.9. The van der Waals surface area contributed by atoms with Gasteiger partial charge in [-0.2, -0.15) is 0 Å². The summed E-state index contributed by atoms with van der Waals surface area (Å²) in [5.41, 5.74) is 1.13. The van der Waals surface area contributed by atoms with Crippen LogP contribution in [-0.4, -0.2) is 0 Å². The maximum Gasteiger partial charge on any atom is 0.0494 e. The average molecular weight is 271 g/mol. The SMILES string of the molecule is CCCCCCC#Cc1cscc1Br. The Morgan fingerprint density at radius 3 is 2.79 bits per heavy atom. The predicted octanol–water partition coefficient (Wildman–Crippen LogP) is 4.83. The smallest absolute Gasteiger partial charge is 0.0494 e. The van der Waals surface area contributed by atoms with Crippen LogP contribution in [-0.2, 0) is 0 Å². The minimum absolute atomic E-state index is 1.03. The van der Waals surface area contributed by atoms with Gasteiger partial charge in [0, 0.05) is 27.2 Å². The zero-order chi connectivity index (χ0) is 10.2. The van der Waals surface area contributed by atoms with Crippen molar-refractivity contribution in [2.24, 2.45) is 0 Å². The normalized spacial score (nSPS) is 9.57. The van der Waals surface area contributed by atoms with Gasteiger partial charge >= 0.3 is 0 Å². The van der Waals surface area contributed by atoms with Crippen LogP contribution >= 0.6 is 27.3 Å². The van der Waals surface area contributed by atoms with Crippen LogP contribution in [0, 0.1) is 11.8 Å². The van der Waals surface area contributed by atoms with Crippen molar-refractivity contribution >= 4 is 27.3 Å². The van der Waals surface area contributed by atoms with Gasteiger partial charge in [-0.3, -0.25) is 0 Å². The lowest BCUT2D eigenvalue weighted by Crippen LogP contribution is -1.74. The Morgan fingerprint density at radius 1 is 1.29 bits per heavy atom. The Hall–Kier alpha value is -0.260. The molecular formula is C12H15BrS. The van der Waals surface area contributed by atoms with E-state index in [2.05, 4.69) is 45.5 Å². The summed E-state index contributed by atoms with van der Waals surface area (Å²) in [4.78, 5) is 0. The fourth-order valence-corrected chi connectivity index (χ4v) is 2.49. The first-order chi connectivity index (χ1) is 6.84. The first-order valence-electron chi connectivity index (χ1n) is 5.05. The highest BCUT2D eigenvalue weighted by Gasteiger charge is 1.94. The summed E-state index contributed by atoms with van der Waals surface area (Å²) in [5.74, 6) is 6.40. The van der Waals surface area contributed by atoms with Crippen LogP contribution < -0.4 is 0 Å². The molecule has 0 radical (unpaired) electrons. The standard InChI is InChI=1S/C12H15BrS/c1-2-3-4-5-6-7-8-11-9-14-10-12(11)13/h9-10H,2-6H2,1H3. The van der Waals surface area contributed by atoms with Gasteiger partial charge in [-0.15, -0.1) is 11.3 Å². The lowest BCUT2D eigenvalue weighted by Gasteiger charge is -1.91. The molecule has 1 heterocycles. The van der Waals surface area contributed by atoms with Crippen LogP contribution in [0.1, 0.15) is 44.6 Å². The van der Waals surface area contributed by atoms with Gasteiger partial charge in [0.25, 0.3) is 0 Å². The molecular weight excluding hydrogens is 256 g/mol. The van der Waals surface area contributed by atoms with Gasteiger partial charge < -0.3 is 0 Å². The van der Waals surface area contributed by atoms with Crippen LogP contribution in [0.5, 0.6) is 0 Å². The molecule has 1 aromatic heterocycles. The Bertz CT molecular complexity index is 317. The number of unbranched alkanes of at least 4 members (excludes halogenated alkanes) is 4. The molecule has 0 bridgehead atoms. The second-order valence-electron chi connectivity index (χ2n) is 3.25. The van der Waals surface area contributed by atoms with E-state index < -0.39 is 0 Å². The fraction of sp³-hybridized carbons (Fsp3) is 0.500. The van der Waals surface area contributed by atoms with E-state index in [9.17, 15) is 0 Å². The third-order valence-electron chi connectivity index (χ3n) is 1.99. The number of thiophene rings is 1. The second kappa shape index (κ2) is 7.09. The van der Waals surface area contributed by atoms with Gasteiger partial charge in [0.2, 0.25) is 0 Å². The summed E-state index contributed by atoms with van der Waals surface area (Å²) >= 11 is 5.16. The van der Waals surface area contributed by atoms with Crippen molar-refractivity contribution in [2.45, 2.75) is 39.0 Å². The molecule has 0 fully saturated rings. The Morgan fingerprint density at radius 2 is 2.14 bits per heavy atom. The molecule has 14 heavy (non-hydrogen) atoms. The number of halogens is 1. The lowest BCUT2D eigenvalue weighted by molar-refractivity contribution is 0.679. The first-order valence-corrected chi connectivity index (χ1v) is 6.78. The summed E-state index contributed by atoms with van der Waals surface area (Å²) in [7, 11) is 0. The summed E-state index contributed by atoms with van der Waals surface area (Å²) in [5, 5.41) is 4.16. The molecule has 76 valence electrons. The molecule has 0 N–H and O–H groups in total. The maximum atomic E-state index is 3.47. The van der Waals surface area contributed by atoms with Crippen molar-refractivity contribution in [1.82, 2.24) is 0 Å². The van der Waals surface area contributed by atoms with Crippen LogP contribution in [0.4, 0.5) is 0 Å². The van der Waals surface area contributed by atoms with Crippen molar-refractivity contribution < 1.29 is 0 Å². The molecule has 1 rings (SSSR count). The van der Waals surface area contributed by atoms with Gasteiger partial charge in [0.15, 0.2) is 0 Å². The van der Waals surface area contributed by atoms with E-state index in [4.69, 9.17) is 0 Å². The van der Waals surface area contributed by atoms with E-state index >= 15 is 0 Å². The van der Waals surface area contributed by atoms with E-state index in [1.807, 2.05) is 0 Å². The molecule has 0 amide bonds. The molecule has 0 spiro atoms. The minimum atomic E-state index is 1.03. The third kappa shape index (κ3) is 4.30. The average Bonchev–Trinajstić information content (AvgIpc) is 2.58. The zero-order valence-corrected chi connectivity index (χ0v) is 10.9. The Balaban J connectivity index is 2.24. The van der Waals surface area contributed by atoms with Crippen molar-refractivity contribution in [3.63, 3.8) is 0 Å². The molecule has 0 aliphatic rings. The van der Waals surface area contributed by atoms with Crippen molar-refractivity contribution in [1.29, 1.82) is 0 Å². The largest absolute Gasteiger partial charge is 0.150 e. The van der Waals surface area contributed by atoms with Crippen LogP contribution in [0.3, 0.4) is 0 Å². The molecule has 0 aromatic carbocycles. The molecule has 2 heteroatoms. The molecule has 1 aromatic rings. The minimum Gasteiger partial charge on any atom is -0.150 e. The lowest BCUT2D eigenvalue weighted by atomic mass is 10.1. The Labute approximate surface area is 98.9 Å². The molecule has 0 saturated heterocycles. The van der Waals surface area contributed by atoms with E-state index in [1.165, 1.54) is 25.7 Å². The van der Waals surface area contributed by atoms with E-state index in [-0.39, 0.29) is 0 Å². The predicted molar refractivity (Wildman–Crippen MR) is 67.7 cm³/mol. The summed E-state index contributed by atoms with van der Waals surface area (Å²) in [6.45, 7) is 2.23. The van der Waals surface area contributed by atoms with Gasteiger partial charge in [-0.05, 0) is 22.4 Å². The topological polar surface area (TPSA) is 0 Å². The molecule has 0 aliphatic heterocycles. The van der Waals surface area contributed by atoms with Crippen molar-refractivity contribution in [3.8, 4) is 11.8 Å². The number of hydrogen-bond acceptors (Lipinski definition) is 1. The summed E-state index contributed by atoms with van der Waals surface area (Å²) in [6.07, 6.45) is 6.22. The molecule has 0 saturated carbocycles. The monoisotopic (exact) mass is 270 g/mol. The van der Waals surface area contributed by atoms with Gasteiger partial charge in [0.1, 0.15) is 0 Å². The quantitative estimate of drug-likeness (QED) is 0.543. The van der Waals surface area contributed by atoms with Gasteiger partial charge in [0.05, 0.1) is 0 Å². The molecule has 0 aliphatic carbocycles. The molecule has 0 unspecified atom stereocenters. The van der Waals surface area contributed by atoms with E-state index in [0.717, 1.165) is 16.5 Å². The highest BCUT2D eigenvalue weighted by molar-refractivity contribution is 9.10. The molecule has 0 atom stereocenters. The zero-order valence-electron chi connectivity index (χ0n) is 8.48. The van der Waals surface area contributed by atoms with Crippen molar-refractivity contribution in [2.75, 3.05) is 0 Å². The molecule has 0 nitrogen and oxygen atoms in total. The van der Waals surface area contributed by atoms with Gasteiger partial charge in [-0.1, -0.05) is 38.0 Å². The number of hydrogen-bond donors (Lipinski definition) is 0. The summed E-state index contributed by atoms with van der Waals surface area (Å²) in [6, 6.07) is 0. The second-order valence-corrected chi connectivity index (χ2v) is 4.84. The van der Waals surface area contributed by atoms with Crippen molar-refractivity contribution in [3.05, 3.63) is 20.8 Å². The van der Waals surface area contributed by atoms with E-state index in [1.54, 1.807) is 11.3 Å². The van der Waals surface area contributed by atoms with E-state index in [0.29, 0.717) is 0 Å².